The molecule has 4 amide bonds. The average molecular weight is 716 g/mol. The van der Waals surface area contributed by atoms with Crippen molar-refractivity contribution in [3.8, 4) is 0 Å². The lowest BCUT2D eigenvalue weighted by atomic mass is 10.0. The van der Waals surface area contributed by atoms with Crippen LogP contribution in [0.3, 0.4) is 0 Å². The minimum atomic E-state index is -1.31. The number of nitrogens with two attached hydrogens (primary N) is 3. The fraction of sp³-hybridized carbons (Fsp3) is 0.333. The van der Waals surface area contributed by atoms with Crippen molar-refractivity contribution in [3.63, 3.8) is 0 Å². The number of thioether (sulfide) groups is 3. The molecule has 0 saturated carbocycles. The number of nitrogens with zero attached hydrogens (tertiary/aromatic N) is 4. The molecule has 16 nitrogen and oxygen atoms in total. The lowest BCUT2D eigenvalue weighted by molar-refractivity contribution is -0.150. The number of pyridine rings is 1. The highest BCUT2D eigenvalue weighted by molar-refractivity contribution is 8.06. The van der Waals surface area contributed by atoms with E-state index in [2.05, 4.69) is 25.8 Å². The molecule has 45 heavy (non-hydrogen) atoms. The first-order chi connectivity index (χ1) is 21.4. The maximum absolute atomic E-state index is 13.1. The van der Waals surface area contributed by atoms with Crippen LogP contribution < -0.4 is 27.8 Å². The van der Waals surface area contributed by atoms with Gasteiger partial charge in [0.25, 0.3) is 11.8 Å². The number of anilines is 1. The van der Waals surface area contributed by atoms with Gasteiger partial charge in [-0.2, -0.15) is 11.8 Å². The number of halogens is 1. The van der Waals surface area contributed by atoms with E-state index in [1.54, 1.807) is 18.5 Å². The van der Waals surface area contributed by atoms with Crippen LogP contribution in [0.25, 0.3) is 0 Å². The summed E-state index contributed by atoms with van der Waals surface area (Å²) in [5.41, 5.74) is 16.2. The first-order valence-corrected chi connectivity index (χ1v) is 17.0. The summed E-state index contributed by atoms with van der Waals surface area (Å²) in [5, 5.41) is 26.9. The van der Waals surface area contributed by atoms with E-state index in [1.165, 1.54) is 35.3 Å². The van der Waals surface area contributed by atoms with Gasteiger partial charge in [-0.3, -0.25) is 29.1 Å². The number of oxime groups is 1. The van der Waals surface area contributed by atoms with Gasteiger partial charge in [0.1, 0.15) is 27.1 Å². The summed E-state index contributed by atoms with van der Waals surface area (Å²) in [6.45, 7) is 0.302. The number of carbonyl (C=O) groups is 5. The van der Waals surface area contributed by atoms with Crippen LogP contribution in [0.2, 0.25) is 4.34 Å². The number of fused-ring (bicyclic) bond motifs is 1. The number of aliphatic carboxylic acids is 1. The summed E-state index contributed by atoms with van der Waals surface area (Å²) in [6.07, 6.45) is 2.97. The Morgan fingerprint density at radius 1 is 1.31 bits per heavy atom. The zero-order valence-electron chi connectivity index (χ0n) is 23.0. The molecule has 2 aromatic rings. The van der Waals surface area contributed by atoms with Gasteiger partial charge >= 0.3 is 5.97 Å². The quantitative estimate of drug-likeness (QED) is 0.0446. The van der Waals surface area contributed by atoms with Crippen molar-refractivity contribution in [3.05, 3.63) is 44.7 Å². The van der Waals surface area contributed by atoms with Crippen LogP contribution in [0.15, 0.2) is 39.1 Å². The van der Waals surface area contributed by atoms with Crippen molar-refractivity contribution in [2.75, 3.05) is 23.8 Å². The van der Waals surface area contributed by atoms with E-state index < -0.39 is 52.8 Å². The molecule has 2 aromatic heterocycles. The van der Waals surface area contributed by atoms with Crippen LogP contribution in [0.4, 0.5) is 5.13 Å². The van der Waals surface area contributed by atoms with Crippen LogP contribution in [-0.4, -0.2) is 96.0 Å². The van der Waals surface area contributed by atoms with Crippen molar-refractivity contribution in [2.45, 2.75) is 34.5 Å². The van der Waals surface area contributed by atoms with Crippen molar-refractivity contribution in [2.24, 2.45) is 16.6 Å². The van der Waals surface area contributed by atoms with Gasteiger partial charge in [-0.15, -0.1) is 11.8 Å². The van der Waals surface area contributed by atoms with Crippen LogP contribution in [0.1, 0.15) is 17.7 Å². The number of rotatable bonds is 14. The van der Waals surface area contributed by atoms with E-state index in [9.17, 15) is 34.3 Å². The SMILES string of the molecule is NC(=O)C[C@H](N)C(=O)NCCSCc1cnccc1SC1=C(C(=O)O)N2C(=O)[C@@H](NC(=O)/C(=N\O)c3nc(N)sc3Cl)[C@H]2SC1. The second-order valence-corrected chi connectivity index (χ2v) is 14.2. The number of nitrogens with one attached hydrogen (secondary N) is 2. The highest BCUT2D eigenvalue weighted by Gasteiger charge is 2.54. The lowest BCUT2D eigenvalue weighted by Gasteiger charge is -2.49. The summed E-state index contributed by atoms with van der Waals surface area (Å²) in [5.74, 6) is -2.80. The van der Waals surface area contributed by atoms with Gasteiger partial charge in [-0.1, -0.05) is 39.9 Å². The largest absolute Gasteiger partial charge is 0.477 e. The van der Waals surface area contributed by atoms with E-state index in [1.807, 2.05) is 0 Å². The first kappa shape index (κ1) is 34.3. The number of thiazole rings is 1. The van der Waals surface area contributed by atoms with Gasteiger partial charge in [0.15, 0.2) is 10.8 Å². The molecule has 0 aliphatic carbocycles. The molecule has 3 atom stereocenters. The Hall–Kier alpha value is -3.56. The lowest BCUT2D eigenvalue weighted by Crippen LogP contribution is -2.71. The van der Waals surface area contributed by atoms with Crippen LogP contribution in [0.5, 0.6) is 0 Å². The molecule has 1 saturated heterocycles. The van der Waals surface area contributed by atoms with Crippen LogP contribution in [0, 0.1) is 0 Å². The van der Waals surface area contributed by atoms with Crippen molar-refractivity contribution in [1.29, 1.82) is 0 Å². The number of nitrogen functional groups attached to an aromatic ring is 1. The number of β-lactam (4-membered cyclic amide) rings is 1. The normalized spacial score (nSPS) is 18.6. The second-order valence-electron chi connectivity index (χ2n) is 9.27. The number of amides is 4. The van der Waals surface area contributed by atoms with E-state index in [-0.39, 0.29) is 33.0 Å². The molecule has 4 rings (SSSR count). The Balaban J connectivity index is 1.39. The van der Waals surface area contributed by atoms with E-state index in [0.29, 0.717) is 23.0 Å². The zero-order valence-corrected chi connectivity index (χ0v) is 27.0. The third-order valence-electron chi connectivity index (χ3n) is 6.22. The standard InChI is InChI=1S/C24H26ClN9O7S4/c25-18-14(32-24(28)45-18)15(33-41)20(37)31-16-21(38)34-17(23(39)40)12(8-43-22(16)34)44-11-1-2-29-6-9(11)7-42-4-3-30-19(36)10(26)5-13(27)35/h1-2,6,10,16,22,41H,3-5,7-8,26H2,(H2,27,35)(H2,28,32)(H,30,36)(H,31,37)(H,39,40)/b33-15-/t10-,16+,22+/m0/s1. The molecular formula is C24H26ClN9O7S4. The van der Waals surface area contributed by atoms with Crippen LogP contribution >= 0.6 is 58.2 Å². The van der Waals surface area contributed by atoms with Crippen molar-refractivity contribution < 1.29 is 34.3 Å². The third kappa shape index (κ3) is 8.00. The van der Waals surface area contributed by atoms with Gasteiger partial charge in [0.2, 0.25) is 11.8 Å². The molecule has 10 N–H and O–H groups in total. The maximum atomic E-state index is 13.1. The number of carboxylic acids is 1. The average Bonchev–Trinajstić information content (AvgIpc) is 3.32. The highest BCUT2D eigenvalue weighted by Crippen LogP contribution is 2.46. The van der Waals surface area contributed by atoms with E-state index in [0.717, 1.165) is 26.7 Å². The molecule has 21 heteroatoms. The predicted molar refractivity (Wildman–Crippen MR) is 171 cm³/mol. The van der Waals surface area contributed by atoms with Crippen LogP contribution in [-0.2, 0) is 29.7 Å². The summed E-state index contributed by atoms with van der Waals surface area (Å²) < 4.78 is 0.0178. The molecule has 1 fully saturated rings. The Bertz CT molecular complexity index is 1590. The smallest absolute Gasteiger partial charge is 0.353 e. The molecule has 0 bridgehead atoms. The van der Waals surface area contributed by atoms with Gasteiger partial charge in [0, 0.05) is 46.0 Å². The Morgan fingerprint density at radius 3 is 2.71 bits per heavy atom. The number of aromatic nitrogens is 2. The number of hydrogen-bond acceptors (Lipinski definition) is 15. The monoisotopic (exact) mass is 715 g/mol. The first-order valence-electron chi connectivity index (χ1n) is 12.8. The van der Waals surface area contributed by atoms with Crippen molar-refractivity contribution >= 4 is 98.7 Å². The summed E-state index contributed by atoms with van der Waals surface area (Å²) in [4.78, 5) is 71.5. The van der Waals surface area contributed by atoms with Gasteiger partial charge in [-0.05, 0) is 11.6 Å². The molecule has 0 spiro atoms. The number of carboxylic acid groups (broad SMARTS) is 1. The molecule has 0 unspecified atom stereocenters. The minimum absolute atomic E-state index is 0.0178. The molecule has 0 radical (unpaired) electrons. The Kier molecular flexibility index (Phi) is 11.6. The third-order valence-corrected chi connectivity index (χ3v) is 11.0. The topological polar surface area (TPSA) is 269 Å². The number of primary amides is 1. The predicted octanol–water partition coefficient (Wildman–Crippen LogP) is -0.00750. The number of hydrogen-bond donors (Lipinski definition) is 7. The maximum Gasteiger partial charge on any atom is 0.353 e. The van der Waals surface area contributed by atoms with Crippen molar-refractivity contribution in [1.82, 2.24) is 25.5 Å². The molecule has 2 aliphatic heterocycles. The summed E-state index contributed by atoms with van der Waals surface area (Å²) in [6, 6.07) is -0.368. The summed E-state index contributed by atoms with van der Waals surface area (Å²) >= 11 is 10.9. The van der Waals surface area contributed by atoms with Gasteiger partial charge in [0.05, 0.1) is 12.5 Å². The fourth-order valence-corrected chi connectivity index (χ4v) is 8.59. The molecule has 0 aromatic carbocycles. The highest BCUT2D eigenvalue weighted by atomic mass is 35.5. The second kappa shape index (κ2) is 15.1. The Morgan fingerprint density at radius 2 is 2.07 bits per heavy atom. The molecule has 2 aliphatic rings. The van der Waals surface area contributed by atoms with E-state index >= 15 is 0 Å². The molecular weight excluding hydrogens is 690 g/mol. The van der Waals surface area contributed by atoms with Gasteiger partial charge in [-0.25, -0.2) is 9.78 Å². The zero-order chi connectivity index (χ0) is 32.8. The number of carbonyl (C=O) groups excluding carboxylic acids is 4. The van der Waals surface area contributed by atoms with E-state index in [4.69, 9.17) is 28.8 Å². The minimum Gasteiger partial charge on any atom is -0.477 e. The molecule has 240 valence electrons. The van der Waals surface area contributed by atoms with Gasteiger partial charge < -0.3 is 38.1 Å². The Labute approximate surface area is 277 Å². The molecule has 4 heterocycles. The fourth-order valence-electron chi connectivity index (χ4n) is 4.17. The summed E-state index contributed by atoms with van der Waals surface area (Å²) in [7, 11) is 0.